The molecule has 1 heterocycles. The molecule has 1 saturated heterocycles. The highest BCUT2D eigenvalue weighted by molar-refractivity contribution is 8.00. The predicted octanol–water partition coefficient (Wildman–Crippen LogP) is 4.17. The van der Waals surface area contributed by atoms with Crippen LogP contribution in [-0.4, -0.2) is 47.4 Å². The average Bonchev–Trinajstić information content (AvgIpc) is 2.67. The number of hydrogen-bond donors (Lipinski definition) is 0. The summed E-state index contributed by atoms with van der Waals surface area (Å²) in [4.78, 5) is 26.8. The van der Waals surface area contributed by atoms with Gasteiger partial charge in [-0.1, -0.05) is 12.1 Å². The van der Waals surface area contributed by atoms with Crippen LogP contribution >= 0.6 is 11.8 Å². The second-order valence-electron chi connectivity index (χ2n) is 6.10. The lowest BCUT2D eigenvalue weighted by Gasteiger charge is -2.35. The summed E-state index contributed by atoms with van der Waals surface area (Å²) in [6, 6.07) is 11.7. The third-order valence-corrected chi connectivity index (χ3v) is 5.06. The number of amides is 1. The van der Waals surface area contributed by atoms with Crippen LogP contribution < -0.4 is 4.90 Å². The topological polar surface area (TPSA) is 66.7 Å². The second-order valence-corrected chi connectivity index (χ2v) is 7.24. The Morgan fingerprint density at radius 3 is 2.18 bits per heavy atom. The maximum Gasteiger partial charge on any atom is 0.446 e. The van der Waals surface area contributed by atoms with Gasteiger partial charge in [-0.05, 0) is 42.1 Å². The van der Waals surface area contributed by atoms with Crippen LogP contribution in [0.25, 0.3) is 0 Å². The van der Waals surface area contributed by atoms with E-state index in [0.717, 1.165) is 0 Å². The van der Waals surface area contributed by atoms with Gasteiger partial charge < -0.3 is 9.80 Å². The lowest BCUT2D eigenvalue weighted by molar-refractivity contribution is -0.384. The molecule has 0 radical (unpaired) electrons. The molecule has 1 fully saturated rings. The summed E-state index contributed by atoms with van der Waals surface area (Å²) in [5.74, 6) is -0.272. The number of nitrogens with zero attached hydrogens (tertiary/aromatic N) is 3. The largest absolute Gasteiger partial charge is 0.446 e. The molecule has 0 saturated carbocycles. The fourth-order valence-electron chi connectivity index (χ4n) is 3.02. The van der Waals surface area contributed by atoms with E-state index in [0.29, 0.717) is 37.4 Å². The highest BCUT2D eigenvalue weighted by Crippen LogP contribution is 2.36. The van der Waals surface area contributed by atoms with Crippen LogP contribution in [-0.2, 0) is 0 Å². The van der Waals surface area contributed by atoms with Crippen LogP contribution in [0.4, 0.5) is 24.5 Å². The molecule has 1 aliphatic heterocycles. The standard InChI is InChI=1S/C18H16F3N3O3S/c19-18(20,21)28-14-7-5-13(6-8-14)17(25)23-11-9-22(10-12-23)15-3-1-2-4-16(15)24(26)27/h1-8H,9-12H2. The molecule has 2 aromatic rings. The molecule has 0 spiro atoms. The Labute approximate surface area is 163 Å². The van der Waals surface area contributed by atoms with Crippen LogP contribution in [0.1, 0.15) is 10.4 Å². The molecular formula is C18H16F3N3O3S. The number of carbonyl (C=O) groups is 1. The van der Waals surface area contributed by atoms with Crippen LogP contribution in [0.5, 0.6) is 0 Å². The van der Waals surface area contributed by atoms with Crippen LogP contribution in [0.2, 0.25) is 0 Å². The Bertz CT molecular complexity index is 866. The van der Waals surface area contributed by atoms with E-state index in [-0.39, 0.29) is 28.3 Å². The monoisotopic (exact) mass is 411 g/mol. The number of para-hydroxylation sites is 2. The minimum atomic E-state index is -4.37. The Morgan fingerprint density at radius 1 is 1.00 bits per heavy atom. The van der Waals surface area contributed by atoms with Crippen LogP contribution in [0, 0.1) is 10.1 Å². The number of carbonyl (C=O) groups excluding carboxylic acids is 1. The molecule has 0 aromatic heterocycles. The van der Waals surface area contributed by atoms with Gasteiger partial charge in [-0.15, -0.1) is 0 Å². The van der Waals surface area contributed by atoms with E-state index >= 15 is 0 Å². The van der Waals surface area contributed by atoms with Crippen molar-refractivity contribution in [1.82, 2.24) is 4.90 Å². The smallest absolute Gasteiger partial charge is 0.362 e. The van der Waals surface area contributed by atoms with E-state index in [9.17, 15) is 28.1 Å². The van der Waals surface area contributed by atoms with Crippen molar-refractivity contribution >= 4 is 29.0 Å². The van der Waals surface area contributed by atoms with Crippen molar-refractivity contribution in [1.29, 1.82) is 0 Å². The quantitative estimate of drug-likeness (QED) is 0.429. The molecule has 0 N–H and O–H groups in total. The molecule has 0 atom stereocenters. The van der Waals surface area contributed by atoms with Crippen molar-refractivity contribution in [3.63, 3.8) is 0 Å². The fourth-order valence-corrected chi connectivity index (χ4v) is 3.56. The van der Waals surface area contributed by atoms with Gasteiger partial charge in [0, 0.05) is 42.7 Å². The molecule has 1 aliphatic rings. The summed E-state index contributed by atoms with van der Waals surface area (Å²) in [5, 5.41) is 11.2. The van der Waals surface area contributed by atoms with E-state index < -0.39 is 10.4 Å². The molecule has 2 aromatic carbocycles. The number of nitro groups is 1. The number of halogens is 3. The zero-order valence-electron chi connectivity index (χ0n) is 14.6. The Morgan fingerprint density at radius 2 is 1.61 bits per heavy atom. The first-order valence-corrected chi connectivity index (χ1v) is 9.20. The molecule has 6 nitrogen and oxygen atoms in total. The number of rotatable bonds is 4. The van der Waals surface area contributed by atoms with Gasteiger partial charge in [-0.25, -0.2) is 0 Å². The molecule has 10 heteroatoms. The van der Waals surface area contributed by atoms with Gasteiger partial charge >= 0.3 is 5.51 Å². The molecule has 0 aliphatic carbocycles. The van der Waals surface area contributed by atoms with E-state index in [1.165, 1.54) is 30.3 Å². The van der Waals surface area contributed by atoms with Crippen molar-refractivity contribution in [2.45, 2.75) is 10.4 Å². The molecule has 0 unspecified atom stereocenters. The predicted molar refractivity (Wildman–Crippen MR) is 99.6 cm³/mol. The summed E-state index contributed by atoms with van der Waals surface area (Å²) in [6.07, 6.45) is 0. The van der Waals surface area contributed by atoms with Crippen molar-refractivity contribution in [3.05, 3.63) is 64.2 Å². The maximum atomic E-state index is 12.6. The fraction of sp³-hybridized carbons (Fsp3) is 0.278. The van der Waals surface area contributed by atoms with Crippen molar-refractivity contribution in [2.24, 2.45) is 0 Å². The molecule has 148 valence electrons. The number of benzene rings is 2. The average molecular weight is 411 g/mol. The summed E-state index contributed by atoms with van der Waals surface area (Å²) < 4.78 is 37.2. The summed E-state index contributed by atoms with van der Waals surface area (Å²) in [7, 11) is 0. The lowest BCUT2D eigenvalue weighted by Crippen LogP contribution is -2.48. The van der Waals surface area contributed by atoms with Gasteiger partial charge in [-0.2, -0.15) is 13.2 Å². The molecule has 3 rings (SSSR count). The number of anilines is 1. The minimum Gasteiger partial charge on any atom is -0.362 e. The van der Waals surface area contributed by atoms with Gasteiger partial charge in [0.25, 0.3) is 11.6 Å². The van der Waals surface area contributed by atoms with E-state index in [4.69, 9.17) is 0 Å². The summed E-state index contributed by atoms with van der Waals surface area (Å²) >= 11 is -0.228. The van der Waals surface area contributed by atoms with Crippen molar-refractivity contribution in [2.75, 3.05) is 31.1 Å². The normalized spacial score (nSPS) is 14.8. The van der Waals surface area contributed by atoms with E-state index in [1.54, 1.807) is 23.1 Å². The number of alkyl halides is 3. The first-order valence-electron chi connectivity index (χ1n) is 8.38. The molecular weight excluding hydrogens is 395 g/mol. The van der Waals surface area contributed by atoms with Crippen LogP contribution in [0.15, 0.2) is 53.4 Å². The summed E-state index contributed by atoms with van der Waals surface area (Å²) in [6.45, 7) is 1.59. The van der Waals surface area contributed by atoms with Gasteiger partial charge in [0.15, 0.2) is 0 Å². The number of hydrogen-bond acceptors (Lipinski definition) is 5. The lowest BCUT2D eigenvalue weighted by atomic mass is 10.1. The first-order chi connectivity index (χ1) is 13.2. The number of thioether (sulfide) groups is 1. The van der Waals surface area contributed by atoms with E-state index in [1.807, 2.05) is 4.90 Å². The van der Waals surface area contributed by atoms with Gasteiger partial charge in [-0.3, -0.25) is 14.9 Å². The van der Waals surface area contributed by atoms with Crippen LogP contribution in [0.3, 0.4) is 0 Å². The molecule has 1 amide bonds. The third-order valence-electron chi connectivity index (χ3n) is 4.32. The van der Waals surface area contributed by atoms with Crippen molar-refractivity contribution < 1.29 is 22.9 Å². The SMILES string of the molecule is O=C(c1ccc(SC(F)(F)F)cc1)N1CCN(c2ccccc2[N+](=O)[O-])CC1. The number of piperazine rings is 1. The molecule has 28 heavy (non-hydrogen) atoms. The Hall–Kier alpha value is -2.75. The minimum absolute atomic E-state index is 0.0139. The van der Waals surface area contributed by atoms with E-state index in [2.05, 4.69) is 0 Å². The highest BCUT2D eigenvalue weighted by atomic mass is 32.2. The maximum absolute atomic E-state index is 12.6. The summed E-state index contributed by atoms with van der Waals surface area (Å²) in [5.41, 5.74) is -3.54. The highest BCUT2D eigenvalue weighted by Gasteiger charge is 2.29. The van der Waals surface area contributed by atoms with Gasteiger partial charge in [0.1, 0.15) is 5.69 Å². The Balaban J connectivity index is 1.63. The molecule has 0 bridgehead atoms. The van der Waals surface area contributed by atoms with Gasteiger partial charge in [0.2, 0.25) is 0 Å². The number of nitro benzene ring substituents is 1. The Kier molecular flexibility index (Phi) is 5.78. The second kappa shape index (κ2) is 8.09. The third kappa shape index (κ3) is 4.75. The first kappa shape index (κ1) is 20.0. The van der Waals surface area contributed by atoms with Gasteiger partial charge in [0.05, 0.1) is 4.92 Å². The zero-order valence-corrected chi connectivity index (χ0v) is 15.4. The van der Waals surface area contributed by atoms with Crippen molar-refractivity contribution in [3.8, 4) is 0 Å². The zero-order chi connectivity index (χ0) is 20.3.